The number of nitrogens with one attached hydrogen (secondary N) is 2. The maximum atomic E-state index is 13.7. The highest BCUT2D eigenvalue weighted by Crippen LogP contribution is 2.38. The van der Waals surface area contributed by atoms with E-state index in [1.54, 1.807) is 37.3 Å². The maximum absolute atomic E-state index is 13.7. The van der Waals surface area contributed by atoms with Crippen LogP contribution in [0.25, 0.3) is 0 Å². The Balaban J connectivity index is 2.11. The summed E-state index contributed by atoms with van der Waals surface area (Å²) in [5.74, 6) is -0.452. The van der Waals surface area contributed by atoms with Crippen molar-refractivity contribution in [3.05, 3.63) is 48.0 Å². The number of anilines is 1. The highest BCUT2D eigenvalue weighted by molar-refractivity contribution is 7.89. The number of ether oxygens (including phenoxy) is 3. The smallest absolute Gasteiger partial charge is 0.338 e. The molecule has 0 radical (unpaired) electrons. The topological polar surface area (TPSA) is 164 Å². The van der Waals surface area contributed by atoms with Crippen molar-refractivity contribution in [3.8, 4) is 11.5 Å². The number of para-hydroxylation sites is 1. The Labute approximate surface area is 216 Å². The Morgan fingerprint density at radius 3 is 2.54 bits per heavy atom. The quantitative estimate of drug-likeness (QED) is 0.199. The Kier molecular flexibility index (Phi) is 10.3. The highest BCUT2D eigenvalue weighted by atomic mass is 32.2. The van der Waals surface area contributed by atoms with Crippen LogP contribution >= 0.6 is 0 Å². The van der Waals surface area contributed by atoms with Crippen molar-refractivity contribution in [1.29, 1.82) is 0 Å². The third-order valence-electron chi connectivity index (χ3n) is 5.69. The SMILES string of the molecule is CCCCNc1cc(C(=O)OCC)cc(S(=O)(=O)NC2O[C@H](CO)C[C@H](O)[C@H]2O)c1Oc1ccccc1. The molecule has 1 heterocycles. The number of aliphatic hydroxyl groups is 3. The van der Waals surface area contributed by atoms with Crippen molar-refractivity contribution in [1.82, 2.24) is 4.72 Å². The van der Waals surface area contributed by atoms with Crippen molar-refractivity contribution in [3.63, 3.8) is 0 Å². The predicted octanol–water partition coefficient (Wildman–Crippen LogP) is 1.97. The molecule has 2 aromatic rings. The molecule has 0 spiro atoms. The molecule has 1 saturated heterocycles. The maximum Gasteiger partial charge on any atom is 0.338 e. The first-order valence-corrected chi connectivity index (χ1v) is 13.6. The van der Waals surface area contributed by atoms with E-state index in [1.807, 2.05) is 6.92 Å². The fourth-order valence-electron chi connectivity index (χ4n) is 3.76. The van der Waals surface area contributed by atoms with Gasteiger partial charge in [0.2, 0.25) is 10.0 Å². The number of aliphatic hydroxyl groups excluding tert-OH is 3. The summed E-state index contributed by atoms with van der Waals surface area (Å²) in [4.78, 5) is 12.2. The third kappa shape index (κ3) is 7.40. The van der Waals surface area contributed by atoms with Gasteiger partial charge in [-0.1, -0.05) is 31.5 Å². The van der Waals surface area contributed by atoms with E-state index < -0.39 is 52.0 Å². The number of sulfonamides is 1. The first kappa shape index (κ1) is 28.8. The van der Waals surface area contributed by atoms with E-state index in [9.17, 15) is 28.5 Å². The van der Waals surface area contributed by atoms with Crippen LogP contribution in [-0.2, 0) is 19.5 Å². The molecule has 4 atom stereocenters. The average molecular weight is 539 g/mol. The summed E-state index contributed by atoms with van der Waals surface area (Å²) in [7, 11) is -4.52. The number of benzene rings is 2. The molecule has 204 valence electrons. The minimum atomic E-state index is -4.52. The summed E-state index contributed by atoms with van der Waals surface area (Å²) in [6.07, 6.45) is -3.78. The van der Waals surface area contributed by atoms with E-state index >= 15 is 0 Å². The van der Waals surface area contributed by atoms with Gasteiger partial charge in [0.15, 0.2) is 5.75 Å². The van der Waals surface area contributed by atoms with Gasteiger partial charge in [-0.15, -0.1) is 0 Å². The largest absolute Gasteiger partial charge is 0.462 e. The van der Waals surface area contributed by atoms with E-state index in [4.69, 9.17) is 14.2 Å². The number of esters is 1. The van der Waals surface area contributed by atoms with E-state index in [1.165, 1.54) is 6.07 Å². The third-order valence-corrected chi connectivity index (χ3v) is 7.11. The van der Waals surface area contributed by atoms with E-state index in [0.29, 0.717) is 12.3 Å². The van der Waals surface area contributed by atoms with Gasteiger partial charge in [0.05, 0.1) is 36.7 Å². The van der Waals surface area contributed by atoms with Gasteiger partial charge in [-0.3, -0.25) is 0 Å². The number of carbonyl (C=O) groups excluding carboxylic acids is 1. The molecule has 11 nitrogen and oxygen atoms in total. The molecular weight excluding hydrogens is 504 g/mol. The Morgan fingerprint density at radius 2 is 1.89 bits per heavy atom. The fourth-order valence-corrected chi connectivity index (χ4v) is 5.07. The van der Waals surface area contributed by atoms with Crippen molar-refractivity contribution in [2.24, 2.45) is 0 Å². The summed E-state index contributed by atoms with van der Waals surface area (Å²) in [5.41, 5.74) is 0.224. The average Bonchev–Trinajstić information content (AvgIpc) is 2.88. The lowest BCUT2D eigenvalue weighted by Gasteiger charge is -2.36. The molecule has 1 fully saturated rings. The Morgan fingerprint density at radius 1 is 1.16 bits per heavy atom. The number of carbonyl (C=O) groups is 1. The lowest BCUT2D eigenvalue weighted by molar-refractivity contribution is -0.180. The van der Waals surface area contributed by atoms with Crippen molar-refractivity contribution >= 4 is 21.7 Å². The zero-order valence-electron chi connectivity index (χ0n) is 20.8. The van der Waals surface area contributed by atoms with E-state index in [0.717, 1.165) is 18.9 Å². The van der Waals surface area contributed by atoms with Crippen LogP contribution in [-0.4, -0.2) is 74.0 Å². The van der Waals surface area contributed by atoms with Gasteiger partial charge in [0.1, 0.15) is 23.0 Å². The van der Waals surface area contributed by atoms with Crippen LogP contribution in [0.3, 0.4) is 0 Å². The number of rotatable bonds is 12. The fraction of sp³-hybridized carbons (Fsp3) is 0.480. The van der Waals surface area contributed by atoms with Crippen LogP contribution in [0, 0.1) is 0 Å². The van der Waals surface area contributed by atoms with Crippen LogP contribution in [0.5, 0.6) is 11.5 Å². The number of hydrogen-bond acceptors (Lipinski definition) is 10. The van der Waals surface area contributed by atoms with Gasteiger partial charge < -0.3 is 34.8 Å². The van der Waals surface area contributed by atoms with E-state index in [2.05, 4.69) is 10.0 Å². The van der Waals surface area contributed by atoms with Gasteiger partial charge >= 0.3 is 5.97 Å². The summed E-state index contributed by atoms with van der Waals surface area (Å²) in [6, 6.07) is 11.1. The van der Waals surface area contributed by atoms with Crippen LogP contribution < -0.4 is 14.8 Å². The monoisotopic (exact) mass is 538 g/mol. The van der Waals surface area contributed by atoms with Crippen LogP contribution in [0.15, 0.2) is 47.4 Å². The second-order valence-corrected chi connectivity index (χ2v) is 10.2. The van der Waals surface area contributed by atoms with Gasteiger partial charge in [0.25, 0.3) is 0 Å². The van der Waals surface area contributed by atoms with Crippen molar-refractivity contribution in [2.75, 3.05) is 25.1 Å². The molecule has 0 aromatic heterocycles. The van der Waals surface area contributed by atoms with Gasteiger partial charge in [-0.2, -0.15) is 4.72 Å². The molecule has 2 aromatic carbocycles. The standard InChI is InChI=1S/C25H34N2O9S/c1-3-5-11-26-19-12-16(25(31)34-4-2)13-21(23(19)35-17-9-7-6-8-10-17)37(32,33)27-24-22(30)20(29)14-18(15-28)36-24/h6-10,12-13,18,20,22,24,26-30H,3-5,11,14-15H2,1-2H3/t18-,20-,22+,24?/m0/s1. The zero-order chi connectivity index (χ0) is 27.0. The lowest BCUT2D eigenvalue weighted by Crippen LogP contribution is -2.56. The molecule has 3 rings (SSSR count). The van der Waals surface area contributed by atoms with E-state index in [-0.39, 0.29) is 30.0 Å². The Bertz CT molecular complexity index is 1140. The first-order chi connectivity index (χ1) is 17.7. The molecule has 1 aliphatic heterocycles. The number of unbranched alkanes of at least 4 members (excludes halogenated alkanes) is 1. The number of hydrogen-bond donors (Lipinski definition) is 5. The van der Waals surface area contributed by atoms with Crippen LogP contribution in [0.2, 0.25) is 0 Å². The lowest BCUT2D eigenvalue weighted by atomic mass is 10.0. The summed E-state index contributed by atoms with van der Waals surface area (Å²) in [6.45, 7) is 3.73. The minimum absolute atomic E-state index is 0.0278. The molecule has 0 bridgehead atoms. The Hall–Kier alpha value is -2.74. The van der Waals surface area contributed by atoms with Gasteiger partial charge in [-0.25, -0.2) is 13.2 Å². The second kappa shape index (κ2) is 13.2. The normalized spacial score (nSPS) is 21.9. The second-order valence-electron chi connectivity index (χ2n) is 8.54. The van der Waals surface area contributed by atoms with Crippen molar-refractivity contribution < 1.29 is 42.7 Å². The van der Waals surface area contributed by atoms with Gasteiger partial charge in [0, 0.05) is 13.0 Å². The zero-order valence-corrected chi connectivity index (χ0v) is 21.6. The molecule has 12 heteroatoms. The van der Waals surface area contributed by atoms with Crippen molar-refractivity contribution in [2.45, 2.75) is 62.5 Å². The molecule has 5 N–H and O–H groups in total. The molecular formula is C25H34N2O9S. The van der Waals surface area contributed by atoms with Crippen LogP contribution in [0.4, 0.5) is 5.69 Å². The highest BCUT2D eigenvalue weighted by Gasteiger charge is 2.40. The molecule has 1 unspecified atom stereocenters. The summed E-state index contributed by atoms with van der Waals surface area (Å²) >= 11 is 0. The van der Waals surface area contributed by atoms with Crippen LogP contribution in [0.1, 0.15) is 43.5 Å². The first-order valence-electron chi connectivity index (χ1n) is 12.2. The summed E-state index contributed by atoms with van der Waals surface area (Å²) < 4.78 is 46.1. The molecule has 1 aliphatic rings. The molecule has 0 amide bonds. The molecule has 37 heavy (non-hydrogen) atoms. The minimum Gasteiger partial charge on any atom is -0.462 e. The summed E-state index contributed by atoms with van der Waals surface area (Å²) in [5, 5.41) is 33.1. The molecule has 0 saturated carbocycles. The van der Waals surface area contributed by atoms with Gasteiger partial charge in [-0.05, 0) is 37.6 Å². The predicted molar refractivity (Wildman–Crippen MR) is 135 cm³/mol. The molecule has 0 aliphatic carbocycles.